The summed E-state index contributed by atoms with van der Waals surface area (Å²) in [7, 11) is 1.71. The van der Waals surface area contributed by atoms with Gasteiger partial charge >= 0.3 is 0 Å². The molecule has 0 saturated heterocycles. The topological polar surface area (TPSA) is 146 Å². The van der Waals surface area contributed by atoms with Crippen molar-refractivity contribution in [1.82, 2.24) is 24.6 Å². The number of aromatic nitrogens is 4. The van der Waals surface area contributed by atoms with E-state index in [4.69, 9.17) is 15.9 Å². The van der Waals surface area contributed by atoms with Crippen molar-refractivity contribution in [2.75, 3.05) is 26.3 Å². The molecule has 0 aliphatic rings. The highest BCUT2D eigenvalue weighted by molar-refractivity contribution is 5.82. The van der Waals surface area contributed by atoms with Gasteiger partial charge in [-0.05, 0) is 31.5 Å². The quantitative estimate of drug-likeness (QED) is 0.341. The molecule has 0 unspecified atom stereocenters. The Morgan fingerprint density at radius 2 is 1.97 bits per heavy atom. The molecule has 29 heavy (non-hydrogen) atoms. The molecule has 0 aliphatic heterocycles. The van der Waals surface area contributed by atoms with E-state index in [0.29, 0.717) is 28.2 Å². The van der Waals surface area contributed by atoms with Gasteiger partial charge in [0.1, 0.15) is 11.3 Å². The summed E-state index contributed by atoms with van der Waals surface area (Å²) in [6.45, 7) is 4.04. The molecule has 0 spiro atoms. The Morgan fingerprint density at radius 3 is 2.62 bits per heavy atom. The lowest BCUT2D eigenvalue weighted by Gasteiger charge is -2.21. The van der Waals surface area contributed by atoms with E-state index in [1.165, 1.54) is 4.68 Å². The fourth-order valence-electron chi connectivity index (χ4n) is 3.19. The molecule has 3 aromatic rings. The van der Waals surface area contributed by atoms with E-state index < -0.39 is 0 Å². The number of aromatic amines is 1. The number of nitrogens with two attached hydrogens (primary N) is 1. The summed E-state index contributed by atoms with van der Waals surface area (Å²) < 4.78 is 1.52. The van der Waals surface area contributed by atoms with E-state index in [1.807, 2.05) is 19.9 Å². The molecule has 10 heteroatoms. The van der Waals surface area contributed by atoms with Crippen LogP contribution in [0, 0.1) is 13.8 Å². The maximum Gasteiger partial charge on any atom is 0.277 e. The zero-order valence-electron chi connectivity index (χ0n) is 16.7. The fraction of sp³-hybridized carbons (Fsp3) is 0.368. The number of H-pyrrole nitrogens is 1. The minimum atomic E-state index is -0.266. The van der Waals surface area contributed by atoms with Crippen molar-refractivity contribution in [2.24, 2.45) is 17.8 Å². The number of nitrogens with zero attached hydrogens (tertiary/aromatic N) is 5. The number of rotatable bonds is 6. The SMILES string of the molecule is Cc1ccc(N=C(N)N(CCO)CCO)cc1-c1nc2c(C)nn(C)c2c(=O)[nH]1. The average Bonchev–Trinajstić information content (AvgIpc) is 2.97. The number of guanidine groups is 1. The van der Waals surface area contributed by atoms with Crippen molar-refractivity contribution >= 4 is 22.7 Å². The van der Waals surface area contributed by atoms with E-state index in [-0.39, 0.29) is 37.8 Å². The van der Waals surface area contributed by atoms with Gasteiger partial charge in [0.15, 0.2) is 11.5 Å². The van der Waals surface area contributed by atoms with Crippen LogP contribution in [0.4, 0.5) is 5.69 Å². The number of fused-ring (bicyclic) bond motifs is 1. The Morgan fingerprint density at radius 1 is 1.28 bits per heavy atom. The zero-order valence-corrected chi connectivity index (χ0v) is 16.7. The third-order valence-electron chi connectivity index (χ3n) is 4.64. The molecule has 0 radical (unpaired) electrons. The lowest BCUT2D eigenvalue weighted by Crippen LogP contribution is -2.40. The van der Waals surface area contributed by atoms with Gasteiger partial charge < -0.3 is 25.8 Å². The Hall–Kier alpha value is -3.24. The maximum atomic E-state index is 12.6. The van der Waals surface area contributed by atoms with Gasteiger partial charge in [-0.15, -0.1) is 0 Å². The molecule has 3 rings (SSSR count). The largest absolute Gasteiger partial charge is 0.395 e. The smallest absolute Gasteiger partial charge is 0.277 e. The predicted octanol–water partition coefficient (Wildman–Crippen LogP) is 0.173. The van der Waals surface area contributed by atoms with Crippen LogP contribution in [-0.4, -0.2) is 67.1 Å². The van der Waals surface area contributed by atoms with Gasteiger partial charge in [0.2, 0.25) is 0 Å². The highest BCUT2D eigenvalue weighted by Crippen LogP contribution is 2.26. The van der Waals surface area contributed by atoms with Gasteiger partial charge in [-0.3, -0.25) is 9.48 Å². The third-order valence-corrected chi connectivity index (χ3v) is 4.64. The normalized spacial score (nSPS) is 12.0. The van der Waals surface area contributed by atoms with Crippen molar-refractivity contribution in [3.63, 3.8) is 0 Å². The molecule has 0 aliphatic carbocycles. The summed E-state index contributed by atoms with van der Waals surface area (Å²) in [4.78, 5) is 26.0. The zero-order chi connectivity index (χ0) is 21.1. The van der Waals surface area contributed by atoms with Gasteiger partial charge in [-0.1, -0.05) is 6.07 Å². The van der Waals surface area contributed by atoms with Gasteiger partial charge in [-0.2, -0.15) is 5.10 Å². The number of aliphatic hydroxyl groups excluding tert-OH is 2. The van der Waals surface area contributed by atoms with Crippen molar-refractivity contribution in [1.29, 1.82) is 0 Å². The summed E-state index contributed by atoms with van der Waals surface area (Å²) in [6, 6.07) is 5.45. The summed E-state index contributed by atoms with van der Waals surface area (Å²) in [5.74, 6) is 0.609. The molecule has 154 valence electrons. The molecule has 1 aromatic carbocycles. The molecule has 5 N–H and O–H groups in total. The minimum absolute atomic E-state index is 0.106. The summed E-state index contributed by atoms with van der Waals surface area (Å²) in [6.07, 6.45) is 0. The van der Waals surface area contributed by atoms with E-state index in [2.05, 4.69) is 20.1 Å². The first-order valence-electron chi connectivity index (χ1n) is 9.21. The molecular formula is C19H25N7O3. The van der Waals surface area contributed by atoms with Crippen molar-refractivity contribution in [3.8, 4) is 11.4 Å². The number of nitrogens with one attached hydrogen (secondary N) is 1. The number of aryl methyl sites for hydroxylation is 3. The van der Waals surface area contributed by atoms with Crippen molar-refractivity contribution in [2.45, 2.75) is 13.8 Å². The number of aliphatic imine (C=N–C) groups is 1. The van der Waals surface area contributed by atoms with Crippen molar-refractivity contribution < 1.29 is 10.2 Å². The van der Waals surface area contributed by atoms with Crippen LogP contribution in [0.5, 0.6) is 0 Å². The fourth-order valence-corrected chi connectivity index (χ4v) is 3.19. The van der Waals surface area contributed by atoms with Crippen LogP contribution in [-0.2, 0) is 7.05 Å². The Kier molecular flexibility index (Phi) is 5.95. The molecule has 0 atom stereocenters. The van der Waals surface area contributed by atoms with Gasteiger partial charge in [-0.25, -0.2) is 9.98 Å². The van der Waals surface area contributed by atoms with E-state index in [9.17, 15) is 4.79 Å². The molecule has 0 saturated carbocycles. The van der Waals surface area contributed by atoms with Crippen molar-refractivity contribution in [3.05, 3.63) is 39.8 Å². The Balaban J connectivity index is 2.06. The summed E-state index contributed by atoms with van der Waals surface area (Å²) in [5, 5.41) is 22.6. The summed E-state index contributed by atoms with van der Waals surface area (Å²) >= 11 is 0. The standard InChI is InChI=1S/C19H25N7O3/c1-11-4-5-13(21-19(20)26(6-8-27)7-9-28)10-14(11)17-22-15-12(2)24-25(3)16(15)18(29)23-17/h4-5,10,27-28H,6-9H2,1-3H3,(H2,20,21)(H,22,23,29). The monoisotopic (exact) mass is 399 g/mol. The lowest BCUT2D eigenvalue weighted by molar-refractivity contribution is 0.211. The van der Waals surface area contributed by atoms with Crippen LogP contribution in [0.15, 0.2) is 28.0 Å². The molecule has 10 nitrogen and oxygen atoms in total. The molecule has 2 aromatic heterocycles. The van der Waals surface area contributed by atoms with Crippen LogP contribution < -0.4 is 11.3 Å². The maximum absolute atomic E-state index is 12.6. The van der Waals surface area contributed by atoms with Gasteiger partial charge in [0.25, 0.3) is 5.56 Å². The number of hydrogen-bond donors (Lipinski definition) is 4. The number of aliphatic hydroxyl groups is 2. The lowest BCUT2D eigenvalue weighted by atomic mass is 10.1. The summed E-state index contributed by atoms with van der Waals surface area (Å²) in [5.41, 5.74) is 9.62. The van der Waals surface area contributed by atoms with E-state index in [1.54, 1.807) is 24.1 Å². The number of benzene rings is 1. The molecule has 2 heterocycles. The first-order valence-corrected chi connectivity index (χ1v) is 9.21. The Labute approximate surface area is 167 Å². The van der Waals surface area contributed by atoms with Gasteiger partial charge in [0, 0.05) is 25.7 Å². The second-order valence-electron chi connectivity index (χ2n) is 6.72. The van der Waals surface area contributed by atoms with Crippen LogP contribution in [0.3, 0.4) is 0 Å². The third kappa shape index (κ3) is 4.13. The second-order valence-corrected chi connectivity index (χ2v) is 6.72. The molecule has 0 bridgehead atoms. The molecule has 0 fully saturated rings. The highest BCUT2D eigenvalue weighted by atomic mass is 16.3. The van der Waals surface area contributed by atoms with Crippen LogP contribution >= 0.6 is 0 Å². The minimum Gasteiger partial charge on any atom is -0.395 e. The Bertz CT molecular complexity index is 1110. The average molecular weight is 399 g/mol. The van der Waals surface area contributed by atoms with E-state index in [0.717, 1.165) is 11.1 Å². The first-order chi connectivity index (χ1) is 13.8. The van der Waals surface area contributed by atoms with E-state index >= 15 is 0 Å². The second kappa shape index (κ2) is 8.41. The van der Waals surface area contributed by atoms with Crippen LogP contribution in [0.2, 0.25) is 0 Å². The number of hydrogen-bond acceptors (Lipinski definition) is 6. The van der Waals surface area contributed by atoms with Crippen LogP contribution in [0.1, 0.15) is 11.3 Å². The molecule has 0 amide bonds. The van der Waals surface area contributed by atoms with Crippen LogP contribution in [0.25, 0.3) is 22.4 Å². The predicted molar refractivity (Wildman–Crippen MR) is 111 cm³/mol. The van der Waals surface area contributed by atoms with Gasteiger partial charge in [0.05, 0.1) is 24.6 Å². The highest BCUT2D eigenvalue weighted by Gasteiger charge is 2.15. The first kappa shape index (κ1) is 20.5. The molecular weight excluding hydrogens is 374 g/mol.